The van der Waals surface area contributed by atoms with Crippen LogP contribution in [0.3, 0.4) is 0 Å². The number of rotatable bonds is 3. The molecule has 0 spiro atoms. The summed E-state index contributed by atoms with van der Waals surface area (Å²) in [5.41, 5.74) is 6.29. The number of hydrogen-bond donors (Lipinski definition) is 1. The first kappa shape index (κ1) is 12.5. The minimum absolute atomic E-state index is 0.272. The van der Waals surface area contributed by atoms with Gasteiger partial charge in [-0.15, -0.1) is 0 Å². The molecular weight excluding hydrogens is 222 g/mol. The van der Waals surface area contributed by atoms with Crippen LogP contribution in [0.2, 0.25) is 0 Å². The maximum absolute atomic E-state index is 13.1. The first-order chi connectivity index (χ1) is 8.19. The molecule has 1 fully saturated rings. The van der Waals surface area contributed by atoms with E-state index in [2.05, 4.69) is 4.90 Å². The molecule has 0 bridgehead atoms. The van der Waals surface area contributed by atoms with E-state index in [1.807, 2.05) is 0 Å². The van der Waals surface area contributed by atoms with Gasteiger partial charge in [0.05, 0.1) is 0 Å². The van der Waals surface area contributed by atoms with Gasteiger partial charge in [-0.2, -0.15) is 0 Å². The Labute approximate surface area is 100 Å². The second-order valence-electron chi connectivity index (χ2n) is 4.61. The molecule has 0 radical (unpaired) electrons. The largest absolute Gasteiger partial charge is 0.329 e. The molecule has 1 aliphatic heterocycles. The van der Waals surface area contributed by atoms with Gasteiger partial charge in [0.2, 0.25) is 0 Å². The fourth-order valence-electron chi connectivity index (χ4n) is 2.48. The van der Waals surface area contributed by atoms with Crippen molar-refractivity contribution in [2.24, 2.45) is 5.73 Å². The molecule has 4 heteroatoms. The Kier molecular flexibility index (Phi) is 4.07. The van der Waals surface area contributed by atoms with E-state index in [1.54, 1.807) is 0 Å². The van der Waals surface area contributed by atoms with Crippen LogP contribution < -0.4 is 5.73 Å². The van der Waals surface area contributed by atoms with Gasteiger partial charge in [0, 0.05) is 19.2 Å². The second-order valence-corrected chi connectivity index (χ2v) is 4.61. The first-order valence-electron chi connectivity index (χ1n) is 6.07. The zero-order valence-electron chi connectivity index (χ0n) is 9.83. The lowest BCUT2D eigenvalue weighted by Crippen LogP contribution is -2.36. The number of halogens is 2. The molecule has 0 aliphatic carbocycles. The van der Waals surface area contributed by atoms with Crippen molar-refractivity contribution in [3.05, 3.63) is 35.4 Å². The van der Waals surface area contributed by atoms with E-state index in [4.69, 9.17) is 5.73 Å². The molecule has 1 aromatic rings. The monoisotopic (exact) mass is 240 g/mol. The first-order valence-corrected chi connectivity index (χ1v) is 6.07. The third kappa shape index (κ3) is 3.23. The quantitative estimate of drug-likeness (QED) is 0.876. The van der Waals surface area contributed by atoms with Gasteiger partial charge < -0.3 is 10.6 Å². The fraction of sp³-hybridized carbons (Fsp3) is 0.538. The van der Waals surface area contributed by atoms with E-state index in [9.17, 15) is 8.78 Å². The zero-order valence-corrected chi connectivity index (χ0v) is 9.83. The van der Waals surface area contributed by atoms with Crippen molar-refractivity contribution in [2.75, 3.05) is 26.2 Å². The van der Waals surface area contributed by atoms with Crippen molar-refractivity contribution in [2.45, 2.75) is 18.8 Å². The van der Waals surface area contributed by atoms with Gasteiger partial charge in [0.1, 0.15) is 11.6 Å². The minimum Gasteiger partial charge on any atom is -0.329 e. The van der Waals surface area contributed by atoms with Crippen LogP contribution in [0.1, 0.15) is 24.3 Å². The molecule has 0 atom stereocenters. The number of piperidine rings is 1. The average Bonchev–Trinajstić information content (AvgIpc) is 2.29. The van der Waals surface area contributed by atoms with Crippen molar-refractivity contribution in [1.82, 2.24) is 4.90 Å². The van der Waals surface area contributed by atoms with Crippen LogP contribution in [0, 0.1) is 11.6 Å². The summed E-state index contributed by atoms with van der Waals surface area (Å²) in [5, 5.41) is 0. The van der Waals surface area contributed by atoms with Crippen LogP contribution in [-0.2, 0) is 0 Å². The van der Waals surface area contributed by atoms with Crippen molar-refractivity contribution < 1.29 is 8.78 Å². The second kappa shape index (κ2) is 5.56. The van der Waals surface area contributed by atoms with Crippen LogP contribution in [0.25, 0.3) is 0 Å². The van der Waals surface area contributed by atoms with Crippen LogP contribution >= 0.6 is 0 Å². The number of benzene rings is 1. The van der Waals surface area contributed by atoms with E-state index < -0.39 is 11.6 Å². The summed E-state index contributed by atoms with van der Waals surface area (Å²) >= 11 is 0. The molecule has 94 valence electrons. The van der Waals surface area contributed by atoms with Gasteiger partial charge in [-0.3, -0.25) is 0 Å². The lowest BCUT2D eigenvalue weighted by atomic mass is 9.89. The van der Waals surface area contributed by atoms with Gasteiger partial charge in [-0.1, -0.05) is 0 Å². The Morgan fingerprint density at radius 3 is 2.24 bits per heavy atom. The summed E-state index contributed by atoms with van der Waals surface area (Å²) in [4.78, 5) is 2.30. The van der Waals surface area contributed by atoms with Gasteiger partial charge in [0.25, 0.3) is 0 Å². The highest BCUT2D eigenvalue weighted by molar-refractivity contribution is 5.22. The molecular formula is C13H18F2N2. The lowest BCUT2D eigenvalue weighted by molar-refractivity contribution is 0.217. The Hall–Kier alpha value is -1.00. The van der Waals surface area contributed by atoms with Gasteiger partial charge >= 0.3 is 0 Å². The third-order valence-corrected chi connectivity index (χ3v) is 3.39. The van der Waals surface area contributed by atoms with Crippen LogP contribution in [0.5, 0.6) is 0 Å². The maximum Gasteiger partial charge on any atom is 0.126 e. The summed E-state index contributed by atoms with van der Waals surface area (Å²) in [6.07, 6.45) is 1.89. The Balaban J connectivity index is 2.00. The number of likely N-dealkylation sites (tertiary alicyclic amines) is 1. The molecule has 0 unspecified atom stereocenters. The average molecular weight is 240 g/mol. The molecule has 2 nitrogen and oxygen atoms in total. The van der Waals surface area contributed by atoms with Gasteiger partial charge in [-0.05, 0) is 49.5 Å². The summed E-state index contributed by atoms with van der Waals surface area (Å²) in [6.45, 7) is 3.49. The van der Waals surface area contributed by atoms with Crippen molar-refractivity contribution in [3.63, 3.8) is 0 Å². The molecule has 0 amide bonds. The van der Waals surface area contributed by atoms with Crippen molar-refractivity contribution >= 4 is 0 Å². The summed E-state index contributed by atoms with van der Waals surface area (Å²) in [6, 6.07) is 3.83. The zero-order chi connectivity index (χ0) is 12.3. The SMILES string of the molecule is NCCN1CCC(c2cc(F)cc(F)c2)CC1. The predicted octanol–water partition coefficient (Wildman–Crippen LogP) is 2.10. The summed E-state index contributed by atoms with van der Waals surface area (Å²) in [5.74, 6) is -0.692. The Morgan fingerprint density at radius 1 is 1.12 bits per heavy atom. The highest BCUT2D eigenvalue weighted by Crippen LogP contribution is 2.28. The maximum atomic E-state index is 13.1. The van der Waals surface area contributed by atoms with Crippen LogP contribution in [0.15, 0.2) is 18.2 Å². The highest BCUT2D eigenvalue weighted by atomic mass is 19.1. The topological polar surface area (TPSA) is 29.3 Å². The number of nitrogens with two attached hydrogens (primary N) is 1. The fourth-order valence-corrected chi connectivity index (χ4v) is 2.48. The normalized spacial score (nSPS) is 18.5. The van der Waals surface area contributed by atoms with Gasteiger partial charge in [0.15, 0.2) is 0 Å². The Bertz CT molecular complexity index is 353. The molecule has 1 saturated heterocycles. The molecule has 1 aliphatic rings. The van der Waals surface area contributed by atoms with Crippen molar-refractivity contribution in [1.29, 1.82) is 0 Å². The number of hydrogen-bond acceptors (Lipinski definition) is 2. The highest BCUT2D eigenvalue weighted by Gasteiger charge is 2.20. The number of nitrogens with zero attached hydrogens (tertiary/aromatic N) is 1. The Morgan fingerprint density at radius 2 is 1.71 bits per heavy atom. The van der Waals surface area contributed by atoms with E-state index in [0.29, 0.717) is 6.54 Å². The predicted molar refractivity (Wildman–Crippen MR) is 63.8 cm³/mol. The molecule has 2 N–H and O–H groups in total. The van der Waals surface area contributed by atoms with Crippen molar-refractivity contribution in [3.8, 4) is 0 Å². The molecule has 0 saturated carbocycles. The molecule has 1 aromatic carbocycles. The summed E-state index contributed by atoms with van der Waals surface area (Å²) < 4.78 is 26.2. The van der Waals surface area contributed by atoms with E-state index in [1.165, 1.54) is 12.1 Å². The standard InChI is InChI=1S/C13H18F2N2/c14-12-7-11(8-13(15)9-12)10-1-4-17(5-2-10)6-3-16/h7-10H,1-6,16H2. The third-order valence-electron chi connectivity index (χ3n) is 3.39. The van der Waals surface area contributed by atoms with E-state index in [0.717, 1.165) is 44.1 Å². The minimum atomic E-state index is -0.482. The van der Waals surface area contributed by atoms with E-state index in [-0.39, 0.29) is 5.92 Å². The molecule has 1 heterocycles. The summed E-state index contributed by atoms with van der Waals surface area (Å²) in [7, 11) is 0. The van der Waals surface area contributed by atoms with E-state index >= 15 is 0 Å². The molecule has 17 heavy (non-hydrogen) atoms. The smallest absolute Gasteiger partial charge is 0.126 e. The lowest BCUT2D eigenvalue weighted by Gasteiger charge is -2.31. The van der Waals surface area contributed by atoms with Crippen LogP contribution in [0.4, 0.5) is 8.78 Å². The van der Waals surface area contributed by atoms with Crippen LogP contribution in [-0.4, -0.2) is 31.1 Å². The molecule has 0 aromatic heterocycles. The molecule has 2 rings (SSSR count). The van der Waals surface area contributed by atoms with Gasteiger partial charge in [-0.25, -0.2) is 8.78 Å².